The molecule has 0 saturated heterocycles. The molecular weight excluding hydrogens is 259 g/mol. The van der Waals surface area contributed by atoms with Gasteiger partial charge in [-0.2, -0.15) is 18.3 Å². The lowest BCUT2D eigenvalue weighted by Gasteiger charge is -2.11. The maximum absolute atomic E-state index is 12.1. The van der Waals surface area contributed by atoms with Gasteiger partial charge in [0.1, 0.15) is 11.6 Å². The topological polar surface area (TPSA) is 46.9 Å². The smallest absolute Gasteiger partial charge is 0.380 e. The molecule has 1 aromatic heterocycles. The predicted octanol–water partition coefficient (Wildman–Crippen LogP) is 2.03. The molecule has 1 heterocycles. The van der Waals surface area contributed by atoms with Crippen molar-refractivity contribution in [1.82, 2.24) is 9.78 Å². The maximum atomic E-state index is 12.1. The van der Waals surface area contributed by atoms with Crippen molar-refractivity contribution in [3.05, 3.63) is 21.6 Å². The molecule has 0 atom stereocenters. The number of nitrogens with zero attached hydrogens (tertiary/aromatic N) is 2. The summed E-state index contributed by atoms with van der Waals surface area (Å²) in [5.74, 6) is 0. The highest BCUT2D eigenvalue weighted by Gasteiger charge is 2.30. The normalized spacial score (nSPS) is 16.0. The van der Waals surface area contributed by atoms with Crippen LogP contribution in [0.25, 0.3) is 0 Å². The summed E-state index contributed by atoms with van der Waals surface area (Å²) in [5.41, 5.74) is -0.646. The summed E-state index contributed by atoms with van der Waals surface area (Å²) in [6.07, 6.45) is -1.43. The monoisotopic (exact) mass is 267 g/mol. The van der Waals surface area contributed by atoms with E-state index in [2.05, 4.69) is 10.4 Å². The summed E-state index contributed by atoms with van der Waals surface area (Å²) >= 11 is 5.70. The Kier molecular flexibility index (Phi) is 3.03. The van der Waals surface area contributed by atoms with Gasteiger partial charge in [-0.05, 0) is 12.8 Å². The lowest BCUT2D eigenvalue weighted by molar-refractivity contribution is -0.143. The summed E-state index contributed by atoms with van der Waals surface area (Å²) < 4.78 is 36.7. The van der Waals surface area contributed by atoms with Gasteiger partial charge in [0.25, 0.3) is 5.56 Å². The zero-order chi connectivity index (χ0) is 12.6. The molecule has 4 nitrogen and oxygen atoms in total. The van der Waals surface area contributed by atoms with Crippen molar-refractivity contribution in [3.63, 3.8) is 0 Å². The highest BCUT2D eigenvalue weighted by Crippen LogP contribution is 2.27. The molecule has 1 aliphatic carbocycles. The minimum absolute atomic E-state index is 0.243. The van der Waals surface area contributed by atoms with Crippen LogP contribution in [0.1, 0.15) is 12.8 Å². The van der Waals surface area contributed by atoms with E-state index in [4.69, 9.17) is 11.6 Å². The molecule has 1 fully saturated rings. The van der Waals surface area contributed by atoms with Gasteiger partial charge in [0, 0.05) is 6.04 Å². The summed E-state index contributed by atoms with van der Waals surface area (Å²) in [5, 5.41) is 6.11. The summed E-state index contributed by atoms with van der Waals surface area (Å²) in [4.78, 5) is 11.5. The molecule has 0 unspecified atom stereocenters. The largest absolute Gasteiger partial charge is 0.408 e. The average molecular weight is 268 g/mol. The Balaban J connectivity index is 2.25. The zero-order valence-corrected chi connectivity index (χ0v) is 9.35. The Bertz CT molecular complexity index is 481. The fourth-order valence-electron chi connectivity index (χ4n) is 1.30. The summed E-state index contributed by atoms with van der Waals surface area (Å²) in [6, 6.07) is 0.243. The minimum Gasteiger partial charge on any atom is -0.380 e. The maximum Gasteiger partial charge on any atom is 0.408 e. The Morgan fingerprint density at radius 3 is 2.71 bits per heavy atom. The van der Waals surface area contributed by atoms with E-state index in [9.17, 15) is 18.0 Å². The summed E-state index contributed by atoms with van der Waals surface area (Å²) in [7, 11) is 0. The first-order valence-electron chi connectivity index (χ1n) is 4.96. The van der Waals surface area contributed by atoms with Crippen LogP contribution in [-0.2, 0) is 6.54 Å². The Morgan fingerprint density at radius 2 is 2.18 bits per heavy atom. The van der Waals surface area contributed by atoms with Crippen LogP contribution in [-0.4, -0.2) is 22.0 Å². The number of nitrogens with one attached hydrogen (secondary N) is 1. The molecule has 1 saturated carbocycles. The lowest BCUT2D eigenvalue weighted by atomic mass is 10.4. The van der Waals surface area contributed by atoms with E-state index in [1.54, 1.807) is 0 Å². The van der Waals surface area contributed by atoms with Gasteiger partial charge in [0.05, 0.1) is 11.9 Å². The average Bonchev–Trinajstić information content (AvgIpc) is 3.00. The van der Waals surface area contributed by atoms with Crippen LogP contribution in [0, 0.1) is 0 Å². The van der Waals surface area contributed by atoms with Crippen molar-refractivity contribution >= 4 is 17.3 Å². The number of alkyl halides is 3. The second-order valence-electron chi connectivity index (χ2n) is 3.87. The molecule has 0 bridgehead atoms. The van der Waals surface area contributed by atoms with E-state index in [1.165, 1.54) is 0 Å². The first kappa shape index (κ1) is 12.2. The number of halogens is 4. The van der Waals surface area contributed by atoms with Gasteiger partial charge in [-0.3, -0.25) is 4.79 Å². The van der Waals surface area contributed by atoms with Gasteiger partial charge in [0.15, 0.2) is 0 Å². The molecule has 1 aliphatic rings. The molecule has 2 rings (SSSR count). The van der Waals surface area contributed by atoms with Crippen LogP contribution in [0.2, 0.25) is 5.02 Å². The second-order valence-corrected chi connectivity index (χ2v) is 4.25. The number of hydrogen-bond donors (Lipinski definition) is 1. The molecule has 0 radical (unpaired) electrons. The van der Waals surface area contributed by atoms with Crippen molar-refractivity contribution in [2.45, 2.75) is 31.6 Å². The zero-order valence-electron chi connectivity index (χ0n) is 8.59. The molecule has 0 amide bonds. The number of aromatic nitrogens is 2. The van der Waals surface area contributed by atoms with E-state index in [-0.39, 0.29) is 16.8 Å². The molecule has 1 N–H and O–H groups in total. The third kappa shape index (κ3) is 3.12. The molecule has 0 aromatic carbocycles. The van der Waals surface area contributed by atoms with Crippen LogP contribution in [0.4, 0.5) is 18.9 Å². The fourth-order valence-corrected chi connectivity index (χ4v) is 1.50. The first-order chi connectivity index (χ1) is 7.87. The van der Waals surface area contributed by atoms with Crippen LogP contribution < -0.4 is 10.9 Å². The number of anilines is 1. The fraction of sp³-hybridized carbons (Fsp3) is 0.556. The SMILES string of the molecule is O=c1c(Cl)c(NC2CC2)cnn1CC(F)(F)F. The van der Waals surface area contributed by atoms with Crippen molar-refractivity contribution in [2.75, 3.05) is 5.32 Å². The van der Waals surface area contributed by atoms with E-state index >= 15 is 0 Å². The van der Waals surface area contributed by atoms with Gasteiger partial charge in [-0.25, -0.2) is 4.68 Å². The Morgan fingerprint density at radius 1 is 1.53 bits per heavy atom. The molecule has 17 heavy (non-hydrogen) atoms. The van der Waals surface area contributed by atoms with E-state index in [0.717, 1.165) is 19.0 Å². The summed E-state index contributed by atoms with van der Waals surface area (Å²) in [6.45, 7) is -1.44. The molecule has 8 heteroatoms. The lowest BCUT2D eigenvalue weighted by Crippen LogP contribution is -2.31. The van der Waals surface area contributed by atoms with Crippen LogP contribution >= 0.6 is 11.6 Å². The Labute approximate surface area is 99.4 Å². The van der Waals surface area contributed by atoms with Crippen molar-refractivity contribution in [3.8, 4) is 0 Å². The van der Waals surface area contributed by atoms with Crippen LogP contribution in [0.3, 0.4) is 0 Å². The minimum atomic E-state index is -4.49. The predicted molar refractivity (Wildman–Crippen MR) is 56.2 cm³/mol. The highest BCUT2D eigenvalue weighted by atomic mass is 35.5. The third-order valence-electron chi connectivity index (χ3n) is 2.25. The first-order valence-corrected chi connectivity index (χ1v) is 5.33. The molecular formula is C9H9ClF3N3O. The van der Waals surface area contributed by atoms with Crippen molar-refractivity contribution in [1.29, 1.82) is 0 Å². The molecule has 1 aromatic rings. The third-order valence-corrected chi connectivity index (χ3v) is 2.62. The molecule has 94 valence electrons. The van der Waals surface area contributed by atoms with Gasteiger partial charge in [-0.1, -0.05) is 11.6 Å². The van der Waals surface area contributed by atoms with Gasteiger partial charge >= 0.3 is 6.18 Å². The van der Waals surface area contributed by atoms with Crippen molar-refractivity contribution < 1.29 is 13.2 Å². The van der Waals surface area contributed by atoms with E-state index in [1.807, 2.05) is 0 Å². The molecule has 0 spiro atoms. The second kappa shape index (κ2) is 4.21. The highest BCUT2D eigenvalue weighted by molar-refractivity contribution is 6.32. The van der Waals surface area contributed by atoms with Crippen LogP contribution in [0.15, 0.2) is 11.0 Å². The van der Waals surface area contributed by atoms with E-state index < -0.39 is 18.3 Å². The van der Waals surface area contributed by atoms with Gasteiger partial charge in [-0.15, -0.1) is 0 Å². The standard InChI is InChI=1S/C9H9ClF3N3O/c10-7-6(15-5-1-2-5)3-14-16(8(7)17)4-9(11,12)13/h3,5,15H,1-2,4H2. The Hall–Kier alpha value is -1.24. The number of hydrogen-bond acceptors (Lipinski definition) is 3. The van der Waals surface area contributed by atoms with Gasteiger partial charge < -0.3 is 5.32 Å². The van der Waals surface area contributed by atoms with Crippen LogP contribution in [0.5, 0.6) is 0 Å². The quantitative estimate of drug-likeness (QED) is 0.912. The number of rotatable bonds is 3. The van der Waals surface area contributed by atoms with Gasteiger partial charge in [0.2, 0.25) is 0 Å². The molecule has 0 aliphatic heterocycles. The van der Waals surface area contributed by atoms with E-state index in [0.29, 0.717) is 4.68 Å². The van der Waals surface area contributed by atoms with Crippen molar-refractivity contribution in [2.24, 2.45) is 0 Å².